The van der Waals surface area contributed by atoms with Gasteiger partial charge in [0, 0.05) is 11.1 Å². The van der Waals surface area contributed by atoms with Crippen molar-refractivity contribution in [3.63, 3.8) is 0 Å². The maximum absolute atomic E-state index is 11.3. The van der Waals surface area contributed by atoms with Crippen molar-refractivity contribution in [1.82, 2.24) is 5.32 Å². The molecule has 0 aromatic carbocycles. The fourth-order valence-electron chi connectivity index (χ4n) is 1.31. The van der Waals surface area contributed by atoms with Gasteiger partial charge in [0.2, 0.25) is 5.76 Å². The Morgan fingerprint density at radius 3 is 2.76 bits per heavy atom. The van der Waals surface area contributed by atoms with Crippen molar-refractivity contribution in [2.45, 2.75) is 32.9 Å². The smallest absolute Gasteiger partial charge is 0.374 e. The highest BCUT2D eigenvalue weighted by molar-refractivity contribution is 5.87. The van der Waals surface area contributed by atoms with Crippen molar-refractivity contribution in [3.8, 4) is 0 Å². The Bertz CT molecular complexity index is 395. The summed E-state index contributed by atoms with van der Waals surface area (Å²) in [6, 6.07) is 1.78. The maximum atomic E-state index is 11.3. The molecule has 5 nitrogen and oxygen atoms in total. The molecule has 0 unspecified atom stereocenters. The zero-order chi connectivity index (χ0) is 13.1. The van der Waals surface area contributed by atoms with Gasteiger partial charge in [0.05, 0.1) is 20.3 Å². The summed E-state index contributed by atoms with van der Waals surface area (Å²) in [5.74, 6) is 0.394. The molecule has 0 saturated heterocycles. The van der Waals surface area contributed by atoms with Crippen molar-refractivity contribution >= 4 is 5.97 Å². The summed E-state index contributed by atoms with van der Waals surface area (Å²) >= 11 is 0. The highest BCUT2D eigenvalue weighted by Crippen LogP contribution is 2.16. The number of nitrogens with one attached hydrogen (secondary N) is 1. The van der Waals surface area contributed by atoms with Gasteiger partial charge in [-0.3, -0.25) is 0 Å². The van der Waals surface area contributed by atoms with Gasteiger partial charge in [0.25, 0.3) is 0 Å². The number of aliphatic hydroxyl groups excluding tert-OH is 1. The normalized spacial score (nSPS) is 11.6. The minimum Gasteiger partial charge on any atom is -0.463 e. The molecule has 0 saturated carbocycles. The summed E-state index contributed by atoms with van der Waals surface area (Å²) in [6.45, 7) is 6.02. The second-order valence-electron chi connectivity index (χ2n) is 4.61. The molecule has 0 atom stereocenters. The Balaban J connectivity index is 2.71. The van der Waals surface area contributed by atoms with Crippen molar-refractivity contribution in [3.05, 3.63) is 23.2 Å². The Morgan fingerprint density at radius 2 is 2.24 bits per heavy atom. The van der Waals surface area contributed by atoms with E-state index in [0.717, 1.165) is 5.56 Å². The molecule has 0 radical (unpaired) electrons. The zero-order valence-electron chi connectivity index (χ0n) is 10.7. The Kier molecular flexibility index (Phi) is 4.31. The van der Waals surface area contributed by atoms with Crippen LogP contribution in [0.3, 0.4) is 0 Å². The van der Waals surface area contributed by atoms with Gasteiger partial charge in [-0.05, 0) is 26.8 Å². The van der Waals surface area contributed by atoms with E-state index in [-0.39, 0.29) is 17.9 Å². The van der Waals surface area contributed by atoms with E-state index in [1.54, 1.807) is 13.0 Å². The van der Waals surface area contributed by atoms with E-state index in [1.165, 1.54) is 7.11 Å². The quantitative estimate of drug-likeness (QED) is 0.759. The highest BCUT2D eigenvalue weighted by atomic mass is 16.5. The largest absolute Gasteiger partial charge is 0.463 e. The third-order valence-electron chi connectivity index (χ3n) is 2.48. The number of hydrogen-bond donors (Lipinski definition) is 2. The van der Waals surface area contributed by atoms with Crippen LogP contribution in [0.4, 0.5) is 0 Å². The van der Waals surface area contributed by atoms with Crippen molar-refractivity contribution < 1.29 is 19.1 Å². The highest BCUT2D eigenvalue weighted by Gasteiger charge is 2.19. The molecular weight excluding hydrogens is 222 g/mol. The molecule has 0 fully saturated rings. The number of carbonyl (C=O) groups excluding carboxylic acids is 1. The van der Waals surface area contributed by atoms with Gasteiger partial charge in [0.1, 0.15) is 5.76 Å². The average Bonchev–Trinajstić information content (AvgIpc) is 2.67. The molecule has 2 N–H and O–H groups in total. The Morgan fingerprint density at radius 1 is 1.59 bits per heavy atom. The van der Waals surface area contributed by atoms with Crippen LogP contribution in [0.1, 0.15) is 35.7 Å². The first-order valence-corrected chi connectivity index (χ1v) is 5.43. The minimum absolute atomic E-state index is 0.0244. The predicted octanol–water partition coefficient (Wildman–Crippen LogP) is 1.24. The molecule has 1 rings (SSSR count). The van der Waals surface area contributed by atoms with E-state index in [2.05, 4.69) is 10.1 Å². The molecule has 0 aliphatic carbocycles. The molecule has 96 valence electrons. The summed E-state index contributed by atoms with van der Waals surface area (Å²) < 4.78 is 9.99. The second-order valence-corrected chi connectivity index (χ2v) is 4.61. The summed E-state index contributed by atoms with van der Waals surface area (Å²) in [4.78, 5) is 11.3. The zero-order valence-corrected chi connectivity index (χ0v) is 10.7. The predicted molar refractivity (Wildman–Crippen MR) is 62.8 cm³/mol. The Hall–Kier alpha value is -1.33. The number of hydrogen-bond acceptors (Lipinski definition) is 5. The lowest BCUT2D eigenvalue weighted by Crippen LogP contribution is -2.41. The second kappa shape index (κ2) is 5.33. The van der Waals surface area contributed by atoms with Crippen LogP contribution in [0.25, 0.3) is 0 Å². The van der Waals surface area contributed by atoms with E-state index in [1.807, 2.05) is 13.8 Å². The first kappa shape index (κ1) is 13.7. The number of aliphatic hydroxyl groups is 1. The summed E-state index contributed by atoms with van der Waals surface area (Å²) in [6.07, 6.45) is 0. The molecule has 1 aromatic heterocycles. The lowest BCUT2D eigenvalue weighted by Gasteiger charge is -2.22. The molecule has 0 bridgehead atoms. The molecule has 0 aliphatic rings. The van der Waals surface area contributed by atoms with Gasteiger partial charge >= 0.3 is 5.97 Å². The minimum atomic E-state index is -0.477. The summed E-state index contributed by atoms with van der Waals surface area (Å²) in [5, 5.41) is 12.2. The molecule has 17 heavy (non-hydrogen) atoms. The van der Waals surface area contributed by atoms with Gasteiger partial charge in [-0.25, -0.2) is 4.79 Å². The maximum Gasteiger partial charge on any atom is 0.374 e. The van der Waals surface area contributed by atoms with Crippen LogP contribution in [-0.4, -0.2) is 30.3 Å². The summed E-state index contributed by atoms with van der Waals surface area (Å²) in [7, 11) is 1.32. The SMILES string of the molecule is COC(=O)c1oc(CNC(C)(C)CO)cc1C. The van der Waals surface area contributed by atoms with Crippen LogP contribution in [0, 0.1) is 6.92 Å². The number of furan rings is 1. The van der Waals surface area contributed by atoms with Crippen LogP contribution in [0.5, 0.6) is 0 Å². The number of rotatable bonds is 5. The first-order valence-electron chi connectivity index (χ1n) is 5.43. The van der Waals surface area contributed by atoms with E-state index < -0.39 is 5.97 Å². The number of esters is 1. The summed E-state index contributed by atoms with van der Waals surface area (Å²) in [5.41, 5.74) is 0.363. The first-order chi connectivity index (χ1) is 7.89. The van der Waals surface area contributed by atoms with Gasteiger partial charge < -0.3 is 19.6 Å². The molecule has 1 heterocycles. The topological polar surface area (TPSA) is 71.7 Å². The van der Waals surface area contributed by atoms with Crippen LogP contribution in [0.15, 0.2) is 10.5 Å². The third kappa shape index (κ3) is 3.57. The lowest BCUT2D eigenvalue weighted by molar-refractivity contribution is 0.0561. The van der Waals surface area contributed by atoms with Crippen LogP contribution < -0.4 is 5.32 Å². The average molecular weight is 241 g/mol. The fourth-order valence-corrected chi connectivity index (χ4v) is 1.31. The number of methoxy groups -OCH3 is 1. The van der Waals surface area contributed by atoms with E-state index >= 15 is 0 Å². The number of ether oxygens (including phenoxy) is 1. The van der Waals surface area contributed by atoms with Crippen molar-refractivity contribution in [2.24, 2.45) is 0 Å². The van der Waals surface area contributed by atoms with E-state index in [4.69, 9.17) is 9.52 Å². The van der Waals surface area contributed by atoms with E-state index in [0.29, 0.717) is 12.3 Å². The standard InChI is InChI=1S/C12H19NO4/c1-8-5-9(6-13-12(2,3)7-14)17-10(8)11(15)16-4/h5,13-14H,6-7H2,1-4H3. The molecule has 5 heteroatoms. The molecule has 1 aromatic rings. The van der Waals surface area contributed by atoms with Crippen molar-refractivity contribution in [1.29, 1.82) is 0 Å². The number of aryl methyl sites for hydroxylation is 1. The fraction of sp³-hybridized carbons (Fsp3) is 0.583. The lowest BCUT2D eigenvalue weighted by atomic mass is 10.1. The molecular formula is C12H19NO4. The molecule has 0 aliphatic heterocycles. The van der Waals surface area contributed by atoms with Gasteiger partial charge in [0.15, 0.2) is 0 Å². The van der Waals surface area contributed by atoms with Crippen LogP contribution >= 0.6 is 0 Å². The monoisotopic (exact) mass is 241 g/mol. The van der Waals surface area contributed by atoms with Crippen molar-refractivity contribution in [2.75, 3.05) is 13.7 Å². The molecule has 0 spiro atoms. The number of carbonyl (C=O) groups is 1. The van der Waals surface area contributed by atoms with E-state index in [9.17, 15) is 4.79 Å². The van der Waals surface area contributed by atoms with Gasteiger partial charge in [-0.15, -0.1) is 0 Å². The third-order valence-corrected chi connectivity index (χ3v) is 2.48. The Labute approximate surface area is 101 Å². The van der Waals surface area contributed by atoms with Gasteiger partial charge in [-0.1, -0.05) is 0 Å². The van der Waals surface area contributed by atoms with Crippen LogP contribution in [-0.2, 0) is 11.3 Å². The van der Waals surface area contributed by atoms with Crippen LogP contribution in [0.2, 0.25) is 0 Å². The molecule has 0 amide bonds. The van der Waals surface area contributed by atoms with Gasteiger partial charge in [-0.2, -0.15) is 0 Å².